The minimum absolute atomic E-state index is 0.276. The van der Waals surface area contributed by atoms with Crippen molar-refractivity contribution in [1.29, 1.82) is 0 Å². The van der Waals surface area contributed by atoms with Crippen molar-refractivity contribution in [3.63, 3.8) is 0 Å². The monoisotopic (exact) mass is 225 g/mol. The zero-order chi connectivity index (χ0) is 11.5. The Morgan fingerprint density at radius 1 is 1.44 bits per heavy atom. The second-order valence-corrected chi connectivity index (χ2v) is 5.49. The van der Waals surface area contributed by atoms with Crippen LogP contribution in [0.2, 0.25) is 0 Å². The number of amides is 2. The van der Waals surface area contributed by atoms with Crippen LogP contribution in [0.1, 0.15) is 32.6 Å². The number of carbonyl (C=O) groups is 1. The molecule has 0 bridgehead atoms. The predicted molar refractivity (Wildman–Crippen MR) is 64.1 cm³/mol. The third-order valence-electron chi connectivity index (χ3n) is 3.89. The van der Waals surface area contributed by atoms with E-state index in [0.29, 0.717) is 12.0 Å². The SMILES string of the molecule is CC1CC(NCC2CCC2)CN(C(N)=O)C1. The van der Waals surface area contributed by atoms with Crippen LogP contribution in [0.25, 0.3) is 0 Å². The first-order chi connectivity index (χ1) is 7.65. The Morgan fingerprint density at radius 2 is 2.19 bits per heavy atom. The molecule has 2 amide bonds. The molecule has 4 nitrogen and oxygen atoms in total. The summed E-state index contributed by atoms with van der Waals surface area (Å²) in [7, 11) is 0. The summed E-state index contributed by atoms with van der Waals surface area (Å²) in [6.45, 7) is 4.90. The van der Waals surface area contributed by atoms with Crippen LogP contribution in [-0.2, 0) is 0 Å². The summed E-state index contributed by atoms with van der Waals surface area (Å²) in [6.07, 6.45) is 5.29. The Balaban J connectivity index is 1.76. The Labute approximate surface area is 97.6 Å². The molecule has 92 valence electrons. The lowest BCUT2D eigenvalue weighted by Gasteiger charge is -2.37. The van der Waals surface area contributed by atoms with Crippen LogP contribution in [0.15, 0.2) is 0 Å². The van der Waals surface area contributed by atoms with Crippen LogP contribution < -0.4 is 11.1 Å². The quantitative estimate of drug-likeness (QED) is 0.757. The van der Waals surface area contributed by atoms with Gasteiger partial charge < -0.3 is 16.0 Å². The number of piperidine rings is 1. The first-order valence-electron chi connectivity index (χ1n) is 6.43. The van der Waals surface area contributed by atoms with Gasteiger partial charge in [0.15, 0.2) is 0 Å². The maximum absolute atomic E-state index is 11.2. The number of rotatable bonds is 3. The van der Waals surface area contributed by atoms with Crippen LogP contribution in [0, 0.1) is 11.8 Å². The second-order valence-electron chi connectivity index (χ2n) is 5.49. The topological polar surface area (TPSA) is 58.4 Å². The van der Waals surface area contributed by atoms with E-state index in [0.717, 1.165) is 32.0 Å². The molecule has 1 aliphatic heterocycles. The van der Waals surface area contributed by atoms with E-state index in [1.165, 1.54) is 19.3 Å². The van der Waals surface area contributed by atoms with E-state index in [9.17, 15) is 4.79 Å². The van der Waals surface area contributed by atoms with E-state index in [1.807, 2.05) is 0 Å². The van der Waals surface area contributed by atoms with E-state index < -0.39 is 0 Å². The number of hydrogen-bond donors (Lipinski definition) is 2. The van der Waals surface area contributed by atoms with E-state index in [-0.39, 0.29) is 6.03 Å². The molecule has 2 rings (SSSR count). The average Bonchev–Trinajstić information content (AvgIpc) is 2.14. The van der Waals surface area contributed by atoms with Gasteiger partial charge in [-0.05, 0) is 37.6 Å². The van der Waals surface area contributed by atoms with E-state index in [4.69, 9.17) is 5.73 Å². The molecular weight excluding hydrogens is 202 g/mol. The van der Waals surface area contributed by atoms with Crippen molar-refractivity contribution in [1.82, 2.24) is 10.2 Å². The van der Waals surface area contributed by atoms with Crippen molar-refractivity contribution in [3.8, 4) is 0 Å². The van der Waals surface area contributed by atoms with Gasteiger partial charge in [0, 0.05) is 19.1 Å². The van der Waals surface area contributed by atoms with Gasteiger partial charge in [0.25, 0.3) is 0 Å². The Bertz CT molecular complexity index is 253. The molecule has 4 heteroatoms. The Hall–Kier alpha value is -0.770. The summed E-state index contributed by atoms with van der Waals surface area (Å²) >= 11 is 0. The van der Waals surface area contributed by atoms with Crippen LogP contribution in [0.5, 0.6) is 0 Å². The van der Waals surface area contributed by atoms with Crippen molar-refractivity contribution >= 4 is 6.03 Å². The molecule has 0 radical (unpaired) electrons. The van der Waals surface area contributed by atoms with E-state index in [1.54, 1.807) is 4.90 Å². The van der Waals surface area contributed by atoms with Gasteiger partial charge >= 0.3 is 6.03 Å². The molecule has 0 aromatic heterocycles. The van der Waals surface area contributed by atoms with Crippen LogP contribution in [0.3, 0.4) is 0 Å². The number of urea groups is 1. The minimum atomic E-state index is -0.276. The van der Waals surface area contributed by atoms with Gasteiger partial charge in [-0.1, -0.05) is 13.3 Å². The molecule has 1 heterocycles. The summed E-state index contributed by atoms with van der Waals surface area (Å²) in [5.41, 5.74) is 5.34. The van der Waals surface area contributed by atoms with Crippen molar-refractivity contribution in [3.05, 3.63) is 0 Å². The second kappa shape index (κ2) is 5.04. The molecule has 3 N–H and O–H groups in total. The lowest BCUT2D eigenvalue weighted by molar-refractivity contribution is 0.153. The van der Waals surface area contributed by atoms with Crippen molar-refractivity contribution in [2.75, 3.05) is 19.6 Å². The van der Waals surface area contributed by atoms with E-state index in [2.05, 4.69) is 12.2 Å². The zero-order valence-corrected chi connectivity index (χ0v) is 10.1. The molecule has 2 aliphatic rings. The third kappa shape index (κ3) is 2.88. The predicted octanol–water partition coefficient (Wildman–Crippen LogP) is 1.17. The Morgan fingerprint density at radius 3 is 2.75 bits per heavy atom. The fourth-order valence-corrected chi connectivity index (χ4v) is 2.71. The summed E-state index contributed by atoms with van der Waals surface area (Å²) < 4.78 is 0. The number of primary amides is 1. The highest BCUT2D eigenvalue weighted by Gasteiger charge is 2.27. The molecule has 1 saturated carbocycles. The number of nitrogens with zero attached hydrogens (tertiary/aromatic N) is 1. The smallest absolute Gasteiger partial charge is 0.314 e. The normalized spacial score (nSPS) is 31.2. The lowest BCUT2D eigenvalue weighted by atomic mass is 9.85. The van der Waals surface area contributed by atoms with Gasteiger partial charge in [0.2, 0.25) is 0 Å². The fraction of sp³-hybridized carbons (Fsp3) is 0.917. The van der Waals surface area contributed by atoms with Crippen molar-refractivity contribution in [2.45, 2.75) is 38.6 Å². The number of nitrogens with one attached hydrogen (secondary N) is 1. The van der Waals surface area contributed by atoms with Gasteiger partial charge in [-0.2, -0.15) is 0 Å². The summed E-state index contributed by atoms with van der Waals surface area (Å²) in [5, 5.41) is 3.59. The first-order valence-corrected chi connectivity index (χ1v) is 6.43. The maximum Gasteiger partial charge on any atom is 0.314 e. The molecular formula is C12H23N3O. The number of carbonyl (C=O) groups excluding carboxylic acids is 1. The summed E-state index contributed by atoms with van der Waals surface area (Å²) in [4.78, 5) is 12.9. The molecule has 2 fully saturated rings. The molecule has 0 spiro atoms. The number of likely N-dealkylation sites (tertiary alicyclic amines) is 1. The Kier molecular flexibility index (Phi) is 3.69. The molecule has 0 aromatic carbocycles. The highest BCUT2D eigenvalue weighted by molar-refractivity contribution is 5.72. The fourth-order valence-electron chi connectivity index (χ4n) is 2.71. The largest absolute Gasteiger partial charge is 0.351 e. The molecule has 2 atom stereocenters. The van der Waals surface area contributed by atoms with Crippen molar-refractivity contribution < 1.29 is 4.79 Å². The highest BCUT2D eigenvalue weighted by atomic mass is 16.2. The van der Waals surface area contributed by atoms with Crippen LogP contribution in [-0.4, -0.2) is 36.6 Å². The zero-order valence-electron chi connectivity index (χ0n) is 10.1. The highest BCUT2D eigenvalue weighted by Crippen LogP contribution is 2.26. The van der Waals surface area contributed by atoms with Gasteiger partial charge in [-0.15, -0.1) is 0 Å². The summed E-state index contributed by atoms with van der Waals surface area (Å²) in [6, 6.07) is 0.166. The standard InChI is InChI=1S/C12H23N3O/c1-9-5-11(8-15(7-9)12(13)16)14-6-10-3-2-4-10/h9-11,14H,2-8H2,1H3,(H2,13,16). The molecule has 1 saturated heterocycles. The minimum Gasteiger partial charge on any atom is -0.351 e. The molecule has 1 aliphatic carbocycles. The van der Waals surface area contributed by atoms with Crippen LogP contribution >= 0.6 is 0 Å². The van der Waals surface area contributed by atoms with Gasteiger partial charge in [-0.3, -0.25) is 0 Å². The molecule has 16 heavy (non-hydrogen) atoms. The average molecular weight is 225 g/mol. The van der Waals surface area contributed by atoms with E-state index >= 15 is 0 Å². The molecule has 0 aromatic rings. The summed E-state index contributed by atoms with van der Waals surface area (Å²) in [5.74, 6) is 1.43. The van der Waals surface area contributed by atoms with Gasteiger partial charge in [-0.25, -0.2) is 4.79 Å². The lowest BCUT2D eigenvalue weighted by Crippen LogP contribution is -2.53. The van der Waals surface area contributed by atoms with Crippen molar-refractivity contribution in [2.24, 2.45) is 17.6 Å². The number of nitrogens with two attached hydrogens (primary N) is 1. The van der Waals surface area contributed by atoms with Gasteiger partial charge in [0.1, 0.15) is 0 Å². The van der Waals surface area contributed by atoms with Gasteiger partial charge in [0.05, 0.1) is 0 Å². The van der Waals surface area contributed by atoms with Crippen LogP contribution in [0.4, 0.5) is 4.79 Å². The maximum atomic E-state index is 11.2. The number of hydrogen-bond acceptors (Lipinski definition) is 2. The third-order valence-corrected chi connectivity index (χ3v) is 3.89. The first kappa shape index (κ1) is 11.7. The molecule has 2 unspecified atom stereocenters.